The summed E-state index contributed by atoms with van der Waals surface area (Å²) in [4.78, 5) is 24.1. The predicted octanol–water partition coefficient (Wildman–Crippen LogP) is 6.39. The van der Waals surface area contributed by atoms with Crippen LogP contribution in [-0.2, 0) is 6.54 Å². The van der Waals surface area contributed by atoms with Crippen LogP contribution in [0.4, 0.5) is 0 Å². The van der Waals surface area contributed by atoms with Gasteiger partial charge in [0.1, 0.15) is 5.75 Å². The van der Waals surface area contributed by atoms with Crippen LogP contribution in [0.1, 0.15) is 45.2 Å². The van der Waals surface area contributed by atoms with E-state index < -0.39 is 5.97 Å². The molecule has 0 spiro atoms. The van der Waals surface area contributed by atoms with Crippen molar-refractivity contribution in [2.24, 2.45) is 0 Å². The molecule has 0 aliphatic heterocycles. The van der Waals surface area contributed by atoms with Crippen LogP contribution in [0.5, 0.6) is 5.75 Å². The van der Waals surface area contributed by atoms with Gasteiger partial charge in [0.05, 0.1) is 22.8 Å². The highest BCUT2D eigenvalue weighted by molar-refractivity contribution is 6.36. The van der Waals surface area contributed by atoms with Gasteiger partial charge in [-0.15, -0.1) is 0 Å². The van der Waals surface area contributed by atoms with Crippen LogP contribution in [0.15, 0.2) is 54.6 Å². The maximum atomic E-state index is 12.7. The average molecular weight is 472 g/mol. The van der Waals surface area contributed by atoms with Gasteiger partial charge in [0.15, 0.2) is 0 Å². The molecule has 0 radical (unpaired) electrons. The van der Waals surface area contributed by atoms with Gasteiger partial charge in [-0.05, 0) is 72.5 Å². The first-order valence-corrected chi connectivity index (χ1v) is 10.9. The standard InChI is InChI=1S/C25H23Cl2NO4/c1-3-10-32-23-9-6-16(21-12-17(25(30)31)5-4-15(21)2)11-18(23)14-28-24(29)20-8-7-19(26)13-22(20)27/h4-9,11-13H,3,10,14H2,1-2H3,(H,28,29)(H,30,31). The first kappa shape index (κ1) is 23.6. The Bertz CT molecular complexity index is 1160. The van der Waals surface area contributed by atoms with Crippen molar-refractivity contribution in [2.45, 2.75) is 26.8 Å². The number of amides is 1. The topological polar surface area (TPSA) is 75.6 Å². The first-order valence-electron chi connectivity index (χ1n) is 10.1. The highest BCUT2D eigenvalue weighted by Gasteiger charge is 2.14. The summed E-state index contributed by atoms with van der Waals surface area (Å²) in [6, 6.07) is 15.4. The molecular weight excluding hydrogens is 449 g/mol. The fourth-order valence-corrected chi connectivity index (χ4v) is 3.74. The number of carbonyl (C=O) groups excluding carboxylic acids is 1. The maximum absolute atomic E-state index is 12.7. The molecule has 3 aromatic rings. The van der Waals surface area contributed by atoms with Gasteiger partial charge in [0.25, 0.3) is 5.91 Å². The lowest BCUT2D eigenvalue weighted by atomic mass is 9.96. The fourth-order valence-electron chi connectivity index (χ4n) is 3.25. The minimum atomic E-state index is -0.985. The second-order valence-electron chi connectivity index (χ2n) is 7.31. The number of carboxylic acids is 1. The van der Waals surface area contributed by atoms with Crippen molar-refractivity contribution in [3.05, 3.63) is 86.9 Å². The number of carbonyl (C=O) groups is 2. The number of halogens is 2. The van der Waals surface area contributed by atoms with Gasteiger partial charge in [-0.3, -0.25) is 4.79 Å². The lowest BCUT2D eigenvalue weighted by Crippen LogP contribution is -2.23. The van der Waals surface area contributed by atoms with Crippen molar-refractivity contribution in [3.8, 4) is 16.9 Å². The Hall–Kier alpha value is -3.02. The Morgan fingerprint density at radius 3 is 2.50 bits per heavy atom. The van der Waals surface area contributed by atoms with Gasteiger partial charge in [-0.2, -0.15) is 0 Å². The molecule has 3 rings (SSSR count). The van der Waals surface area contributed by atoms with Crippen molar-refractivity contribution >= 4 is 35.1 Å². The zero-order valence-corrected chi connectivity index (χ0v) is 19.3. The van der Waals surface area contributed by atoms with Crippen LogP contribution in [-0.4, -0.2) is 23.6 Å². The van der Waals surface area contributed by atoms with E-state index >= 15 is 0 Å². The number of hydrogen-bond donors (Lipinski definition) is 2. The largest absolute Gasteiger partial charge is 0.493 e. The Kier molecular flexibility index (Phi) is 7.78. The van der Waals surface area contributed by atoms with E-state index in [4.69, 9.17) is 27.9 Å². The molecule has 32 heavy (non-hydrogen) atoms. The van der Waals surface area contributed by atoms with E-state index in [2.05, 4.69) is 5.32 Å². The smallest absolute Gasteiger partial charge is 0.335 e. The fraction of sp³-hybridized carbons (Fsp3) is 0.200. The van der Waals surface area contributed by atoms with E-state index in [1.807, 2.05) is 32.0 Å². The van der Waals surface area contributed by atoms with E-state index in [1.165, 1.54) is 6.07 Å². The van der Waals surface area contributed by atoms with E-state index in [0.29, 0.717) is 22.9 Å². The third kappa shape index (κ3) is 5.61. The summed E-state index contributed by atoms with van der Waals surface area (Å²) < 4.78 is 5.86. The quantitative estimate of drug-likeness (QED) is 0.399. The minimum absolute atomic E-state index is 0.211. The molecule has 0 atom stereocenters. The summed E-state index contributed by atoms with van der Waals surface area (Å²) in [6.07, 6.45) is 0.841. The number of benzene rings is 3. The molecule has 0 heterocycles. The Morgan fingerprint density at radius 1 is 1.03 bits per heavy atom. The monoisotopic (exact) mass is 471 g/mol. The van der Waals surface area contributed by atoms with Crippen molar-refractivity contribution in [1.29, 1.82) is 0 Å². The summed E-state index contributed by atoms with van der Waals surface area (Å²) in [5.74, 6) is -0.658. The Morgan fingerprint density at radius 2 is 1.81 bits per heavy atom. The van der Waals surface area contributed by atoms with Crippen LogP contribution >= 0.6 is 23.2 Å². The molecule has 5 nitrogen and oxygen atoms in total. The second-order valence-corrected chi connectivity index (χ2v) is 8.16. The van der Waals surface area contributed by atoms with E-state index in [0.717, 1.165) is 28.7 Å². The summed E-state index contributed by atoms with van der Waals surface area (Å²) in [7, 11) is 0. The molecule has 0 saturated carbocycles. The summed E-state index contributed by atoms with van der Waals surface area (Å²) in [6.45, 7) is 4.69. The molecule has 7 heteroatoms. The molecule has 0 unspecified atom stereocenters. The second kappa shape index (κ2) is 10.5. The highest BCUT2D eigenvalue weighted by atomic mass is 35.5. The zero-order chi connectivity index (χ0) is 23.3. The van der Waals surface area contributed by atoms with Gasteiger partial charge in [0, 0.05) is 17.1 Å². The molecule has 0 aliphatic carbocycles. The number of aromatic carboxylic acids is 1. The third-order valence-electron chi connectivity index (χ3n) is 4.93. The summed E-state index contributed by atoms with van der Waals surface area (Å²) >= 11 is 12.1. The average Bonchev–Trinajstić information content (AvgIpc) is 2.76. The SMILES string of the molecule is CCCOc1ccc(-c2cc(C(=O)O)ccc2C)cc1CNC(=O)c1ccc(Cl)cc1Cl. The van der Waals surface area contributed by atoms with Crippen LogP contribution in [0.25, 0.3) is 11.1 Å². The number of rotatable bonds is 8. The van der Waals surface area contributed by atoms with Gasteiger partial charge in [-0.25, -0.2) is 4.79 Å². The van der Waals surface area contributed by atoms with Gasteiger partial charge in [-0.1, -0.05) is 42.3 Å². The molecular formula is C25H23Cl2NO4. The normalized spacial score (nSPS) is 10.6. The molecule has 2 N–H and O–H groups in total. The first-order chi connectivity index (χ1) is 15.3. The van der Waals surface area contributed by atoms with Crippen molar-refractivity contribution < 1.29 is 19.4 Å². The van der Waals surface area contributed by atoms with Crippen molar-refractivity contribution in [2.75, 3.05) is 6.61 Å². The van der Waals surface area contributed by atoms with Crippen LogP contribution in [0.2, 0.25) is 10.0 Å². The van der Waals surface area contributed by atoms with E-state index in [9.17, 15) is 14.7 Å². The Balaban J connectivity index is 1.92. The van der Waals surface area contributed by atoms with E-state index in [-0.39, 0.29) is 23.0 Å². The van der Waals surface area contributed by atoms with E-state index in [1.54, 1.807) is 30.3 Å². The highest BCUT2D eigenvalue weighted by Crippen LogP contribution is 2.30. The number of aryl methyl sites for hydroxylation is 1. The number of nitrogens with one attached hydrogen (secondary N) is 1. The van der Waals surface area contributed by atoms with Crippen molar-refractivity contribution in [1.82, 2.24) is 5.32 Å². The lowest BCUT2D eigenvalue weighted by molar-refractivity contribution is 0.0696. The lowest BCUT2D eigenvalue weighted by Gasteiger charge is -2.15. The van der Waals surface area contributed by atoms with Crippen LogP contribution < -0.4 is 10.1 Å². The van der Waals surface area contributed by atoms with Crippen LogP contribution in [0, 0.1) is 6.92 Å². The predicted molar refractivity (Wildman–Crippen MR) is 127 cm³/mol. The van der Waals surface area contributed by atoms with Crippen molar-refractivity contribution in [3.63, 3.8) is 0 Å². The molecule has 3 aromatic carbocycles. The molecule has 166 valence electrons. The number of hydrogen-bond acceptors (Lipinski definition) is 3. The zero-order valence-electron chi connectivity index (χ0n) is 17.7. The number of ether oxygens (including phenoxy) is 1. The minimum Gasteiger partial charge on any atom is -0.493 e. The molecule has 0 bridgehead atoms. The molecule has 0 aliphatic rings. The van der Waals surface area contributed by atoms with Gasteiger partial charge < -0.3 is 15.2 Å². The summed E-state index contributed by atoms with van der Waals surface area (Å²) in [5.41, 5.74) is 3.90. The molecule has 1 amide bonds. The third-order valence-corrected chi connectivity index (χ3v) is 5.48. The van der Waals surface area contributed by atoms with Gasteiger partial charge >= 0.3 is 5.97 Å². The maximum Gasteiger partial charge on any atom is 0.335 e. The van der Waals surface area contributed by atoms with Gasteiger partial charge in [0.2, 0.25) is 0 Å². The summed E-state index contributed by atoms with van der Waals surface area (Å²) in [5, 5.41) is 12.9. The molecule has 0 aromatic heterocycles. The molecule has 0 saturated heterocycles. The number of carboxylic acid groups (broad SMARTS) is 1. The molecule has 0 fully saturated rings. The Labute approximate surface area is 196 Å². The van der Waals surface area contributed by atoms with Crippen LogP contribution in [0.3, 0.4) is 0 Å².